The Balaban J connectivity index is 1.21. The van der Waals surface area contributed by atoms with Crippen LogP contribution in [0.15, 0.2) is 65.7 Å². The van der Waals surface area contributed by atoms with Crippen molar-refractivity contribution in [1.82, 2.24) is 20.1 Å². The summed E-state index contributed by atoms with van der Waals surface area (Å²) >= 11 is 0. The highest BCUT2D eigenvalue weighted by molar-refractivity contribution is 7.93. The second-order valence-corrected chi connectivity index (χ2v) is 16.3. The average molecular weight is 713 g/mol. The van der Waals surface area contributed by atoms with Crippen LogP contribution in [0.25, 0.3) is 0 Å². The second-order valence-electron chi connectivity index (χ2n) is 14.5. The first-order chi connectivity index (χ1) is 24.5. The average Bonchev–Trinajstić information content (AvgIpc) is 3.35. The van der Waals surface area contributed by atoms with Gasteiger partial charge >= 0.3 is 0 Å². The summed E-state index contributed by atoms with van der Waals surface area (Å²) in [6.07, 6.45) is 5.16. The van der Waals surface area contributed by atoms with Gasteiger partial charge in [0.2, 0.25) is 11.8 Å². The summed E-state index contributed by atoms with van der Waals surface area (Å²) in [5.41, 5.74) is -1.42. The summed E-state index contributed by atoms with van der Waals surface area (Å²) in [6, 6.07) is 16.5. The first-order valence-corrected chi connectivity index (χ1v) is 19.1. The Morgan fingerprint density at radius 1 is 1.08 bits per heavy atom. The maximum Gasteiger partial charge on any atom is 0.276 e. The molecule has 1 saturated carbocycles. The maximum absolute atomic E-state index is 15.1. The number of nitrogens with zero attached hydrogens (tertiary/aromatic N) is 5. The van der Waals surface area contributed by atoms with E-state index in [9.17, 15) is 18.5 Å². The summed E-state index contributed by atoms with van der Waals surface area (Å²) < 4.78 is 40.5. The minimum atomic E-state index is -4.51. The smallest absolute Gasteiger partial charge is 0.276 e. The number of likely N-dealkylation sites (tertiary alicyclic amines) is 2. The Labute approximate surface area is 299 Å². The lowest BCUT2D eigenvalue weighted by Gasteiger charge is -2.61. The van der Waals surface area contributed by atoms with Crippen molar-refractivity contribution in [1.29, 1.82) is 5.26 Å². The van der Waals surface area contributed by atoms with E-state index in [0.29, 0.717) is 30.7 Å². The first-order valence-electron chi connectivity index (χ1n) is 17.6. The molecular weight excluding hydrogens is 669 g/mol. The van der Waals surface area contributed by atoms with Gasteiger partial charge in [-0.1, -0.05) is 0 Å². The molecule has 1 aromatic heterocycles. The van der Waals surface area contributed by atoms with E-state index < -0.39 is 21.5 Å². The van der Waals surface area contributed by atoms with Gasteiger partial charge in [0.15, 0.2) is 5.54 Å². The van der Waals surface area contributed by atoms with E-state index in [1.54, 1.807) is 19.1 Å². The van der Waals surface area contributed by atoms with Crippen LogP contribution < -0.4 is 19.1 Å². The summed E-state index contributed by atoms with van der Waals surface area (Å²) in [4.78, 5) is 38.7. The van der Waals surface area contributed by atoms with Gasteiger partial charge in [-0.3, -0.25) is 14.5 Å². The molecule has 13 heteroatoms. The van der Waals surface area contributed by atoms with E-state index in [-0.39, 0.29) is 57.0 Å². The lowest BCUT2D eigenvalue weighted by Crippen LogP contribution is -2.68. The standard InChI is InChI=1S/C38H44N6O6S/c1-5-50-35-31(7-6-16-40-35)38(41-34(45)27-20-37(21-27)23-43(24-37)28-14-17-42(18-15-28)25(2)3)32-19-26(22-39)8-13-33(32)44(36(38)46)51(47,48)30-11-9-29(49-4)10-12-30/h6-13,16,19,25,27-28H,5,14-15,17-18,20-21,23-24H2,1-4H3,(H,41,45). The summed E-state index contributed by atoms with van der Waals surface area (Å²) in [5, 5.41) is 13.0. The van der Waals surface area contributed by atoms with Crippen molar-refractivity contribution in [2.24, 2.45) is 11.3 Å². The summed E-state index contributed by atoms with van der Waals surface area (Å²) in [7, 11) is -3.04. The van der Waals surface area contributed by atoms with Gasteiger partial charge in [0.25, 0.3) is 15.9 Å². The number of pyridine rings is 1. The fourth-order valence-electron chi connectivity index (χ4n) is 8.49. The van der Waals surface area contributed by atoms with Crippen LogP contribution in [0.3, 0.4) is 0 Å². The quantitative estimate of drug-likeness (QED) is 0.327. The fourth-order valence-corrected chi connectivity index (χ4v) is 9.95. The molecule has 12 nitrogen and oxygen atoms in total. The van der Waals surface area contributed by atoms with Crippen LogP contribution >= 0.6 is 0 Å². The van der Waals surface area contributed by atoms with E-state index in [2.05, 4.69) is 40.0 Å². The Hall–Kier alpha value is -4.51. The Morgan fingerprint density at radius 2 is 1.78 bits per heavy atom. The molecule has 1 unspecified atom stereocenters. The van der Waals surface area contributed by atoms with E-state index >= 15 is 4.79 Å². The molecule has 1 atom stereocenters. The molecule has 4 aliphatic rings. The predicted octanol–water partition coefficient (Wildman–Crippen LogP) is 4.04. The number of benzene rings is 2. The van der Waals surface area contributed by atoms with Crippen LogP contribution in [-0.4, -0.2) is 87.0 Å². The SMILES string of the molecule is CCOc1ncccc1C1(NC(=O)C2CC3(C2)CN(C2CCN(C(C)C)CC2)C3)C(=O)N(S(=O)(=O)c2ccc(OC)cc2)c2ccc(C#N)cc21. The van der Waals surface area contributed by atoms with Gasteiger partial charge in [-0.15, -0.1) is 0 Å². The van der Waals surface area contributed by atoms with Crippen molar-refractivity contribution in [2.45, 2.75) is 69.0 Å². The molecule has 2 amide bonds. The zero-order valence-corrected chi connectivity index (χ0v) is 30.3. The number of nitriles is 1. The van der Waals surface area contributed by atoms with Crippen molar-refractivity contribution < 1.29 is 27.5 Å². The van der Waals surface area contributed by atoms with Crippen molar-refractivity contribution in [3.63, 3.8) is 0 Å². The molecule has 1 N–H and O–H groups in total. The molecule has 51 heavy (non-hydrogen) atoms. The number of rotatable bonds is 10. The molecule has 4 heterocycles. The number of nitrogens with one attached hydrogen (secondary N) is 1. The first kappa shape index (κ1) is 34.9. The highest BCUT2D eigenvalue weighted by atomic mass is 32.2. The molecule has 7 rings (SSSR count). The number of carbonyl (C=O) groups excluding carboxylic acids is 2. The Kier molecular flexibility index (Phi) is 9.06. The number of amides is 2. The third kappa shape index (κ3) is 5.83. The monoisotopic (exact) mass is 712 g/mol. The maximum atomic E-state index is 15.1. The van der Waals surface area contributed by atoms with Gasteiger partial charge in [0.05, 0.1) is 41.5 Å². The van der Waals surface area contributed by atoms with Gasteiger partial charge < -0.3 is 19.7 Å². The van der Waals surface area contributed by atoms with Crippen molar-refractivity contribution in [3.05, 3.63) is 77.5 Å². The molecule has 268 valence electrons. The molecule has 3 aromatic rings. The van der Waals surface area contributed by atoms with Gasteiger partial charge in [-0.2, -0.15) is 9.57 Å². The van der Waals surface area contributed by atoms with E-state index in [4.69, 9.17) is 9.47 Å². The van der Waals surface area contributed by atoms with Gasteiger partial charge in [0, 0.05) is 42.9 Å². The normalized spacial score (nSPS) is 22.3. The fraction of sp³-hybridized carbons (Fsp3) is 0.474. The molecule has 2 aromatic carbocycles. The number of aromatic nitrogens is 1. The molecule has 2 saturated heterocycles. The highest BCUT2D eigenvalue weighted by Crippen LogP contribution is 2.54. The van der Waals surface area contributed by atoms with Crippen LogP contribution in [0, 0.1) is 22.7 Å². The van der Waals surface area contributed by atoms with E-state index in [1.807, 2.05) is 0 Å². The number of hydrogen-bond donors (Lipinski definition) is 1. The molecule has 0 bridgehead atoms. The number of ether oxygens (including phenoxy) is 2. The minimum Gasteiger partial charge on any atom is -0.497 e. The molecule has 3 aliphatic heterocycles. The molecule has 1 aliphatic carbocycles. The lowest BCUT2D eigenvalue weighted by atomic mass is 9.57. The van der Waals surface area contributed by atoms with Gasteiger partial charge in [-0.25, -0.2) is 13.4 Å². The topological polar surface area (TPSA) is 145 Å². The molecule has 3 fully saturated rings. The van der Waals surface area contributed by atoms with Crippen LogP contribution in [0.1, 0.15) is 63.1 Å². The number of piperidine rings is 1. The Bertz CT molecular complexity index is 1970. The van der Waals surface area contributed by atoms with E-state index in [0.717, 1.165) is 43.3 Å². The zero-order valence-electron chi connectivity index (χ0n) is 29.5. The second kappa shape index (κ2) is 13.2. The van der Waals surface area contributed by atoms with E-state index in [1.165, 1.54) is 55.8 Å². The van der Waals surface area contributed by atoms with Gasteiger partial charge in [-0.05, 0) is 120 Å². The summed E-state index contributed by atoms with van der Waals surface area (Å²) in [5.74, 6) is -1.12. The van der Waals surface area contributed by atoms with Crippen LogP contribution in [0.2, 0.25) is 0 Å². The van der Waals surface area contributed by atoms with Crippen LogP contribution in [-0.2, 0) is 25.2 Å². The number of methoxy groups -OCH3 is 1. The number of sulfonamides is 1. The molecule has 0 radical (unpaired) electrons. The van der Waals surface area contributed by atoms with Crippen molar-refractivity contribution in [2.75, 3.05) is 44.2 Å². The number of fused-ring (bicyclic) bond motifs is 1. The predicted molar refractivity (Wildman–Crippen MR) is 190 cm³/mol. The third-order valence-corrected chi connectivity index (χ3v) is 12.9. The molecule has 1 spiro atoms. The van der Waals surface area contributed by atoms with Crippen LogP contribution in [0.5, 0.6) is 11.6 Å². The number of carbonyl (C=O) groups is 2. The molecular formula is C38H44N6O6S. The highest BCUT2D eigenvalue weighted by Gasteiger charge is 2.61. The van der Waals surface area contributed by atoms with Crippen molar-refractivity contribution >= 4 is 27.5 Å². The zero-order chi connectivity index (χ0) is 36.1. The lowest BCUT2D eigenvalue weighted by molar-refractivity contribution is -0.153. The minimum absolute atomic E-state index is 0.0321. The van der Waals surface area contributed by atoms with Gasteiger partial charge in [0.1, 0.15) is 5.75 Å². The Morgan fingerprint density at radius 3 is 2.41 bits per heavy atom. The number of anilines is 1. The third-order valence-electron chi connectivity index (χ3n) is 11.2. The summed E-state index contributed by atoms with van der Waals surface area (Å²) in [6.45, 7) is 10.6. The largest absolute Gasteiger partial charge is 0.497 e. The van der Waals surface area contributed by atoms with Crippen LogP contribution in [0.4, 0.5) is 5.69 Å². The number of hydrogen-bond acceptors (Lipinski definition) is 10. The van der Waals surface area contributed by atoms with Crippen molar-refractivity contribution in [3.8, 4) is 17.7 Å².